The number of hydrogen-bond acceptors (Lipinski definition) is 4. The van der Waals surface area contributed by atoms with Crippen LogP contribution in [0, 0.1) is 25.2 Å². The van der Waals surface area contributed by atoms with E-state index >= 15 is 0 Å². The summed E-state index contributed by atoms with van der Waals surface area (Å²) in [4.78, 5) is 8.36. The summed E-state index contributed by atoms with van der Waals surface area (Å²) in [6, 6.07) is 0. The highest BCUT2D eigenvalue weighted by atomic mass is 16.3. The molecule has 0 spiro atoms. The molecular weight excluding hydrogens is 318 g/mol. The molecule has 3 rings (SSSR count). The SMILES string of the molecule is Cc1n[nH]c(C)c1Cc1nnc2n1CCC(C(C)(C)C)CC2.O=CO. The molecule has 0 saturated heterocycles. The molecule has 0 aromatic carbocycles. The molecule has 1 aliphatic heterocycles. The third kappa shape index (κ3) is 4.46. The molecule has 3 heterocycles. The first-order chi connectivity index (χ1) is 11.8. The van der Waals surface area contributed by atoms with E-state index in [9.17, 15) is 0 Å². The Balaban J connectivity index is 0.000000701. The van der Waals surface area contributed by atoms with Crippen LogP contribution >= 0.6 is 0 Å². The standard InChI is InChI=1S/C17H27N5.CH2O2/c1-11-14(12(2)19-18-11)10-16-21-20-15-7-6-13(17(3,4)5)8-9-22(15)16;2-1-3/h13H,6-10H2,1-5H3,(H,18,19);1H,(H,2,3). The molecule has 1 unspecified atom stereocenters. The monoisotopic (exact) mass is 347 g/mol. The van der Waals surface area contributed by atoms with Crippen LogP contribution in [0.2, 0.25) is 0 Å². The smallest absolute Gasteiger partial charge is 0.290 e. The van der Waals surface area contributed by atoms with Gasteiger partial charge in [0, 0.05) is 30.6 Å². The second-order valence-electron chi connectivity index (χ2n) is 7.77. The van der Waals surface area contributed by atoms with E-state index in [1.807, 2.05) is 6.92 Å². The molecule has 0 aliphatic carbocycles. The zero-order chi connectivity index (χ0) is 18.6. The molecule has 1 atom stereocenters. The molecule has 138 valence electrons. The Morgan fingerprint density at radius 3 is 2.52 bits per heavy atom. The van der Waals surface area contributed by atoms with Gasteiger partial charge in [0.15, 0.2) is 0 Å². The van der Waals surface area contributed by atoms with Crippen molar-refractivity contribution in [3.63, 3.8) is 0 Å². The third-order valence-corrected chi connectivity index (χ3v) is 5.16. The van der Waals surface area contributed by atoms with Gasteiger partial charge in [-0.2, -0.15) is 5.10 Å². The van der Waals surface area contributed by atoms with Crippen LogP contribution in [0.25, 0.3) is 0 Å². The summed E-state index contributed by atoms with van der Waals surface area (Å²) >= 11 is 0. The lowest BCUT2D eigenvalue weighted by Crippen LogP contribution is -2.21. The lowest BCUT2D eigenvalue weighted by atomic mass is 9.76. The summed E-state index contributed by atoms with van der Waals surface area (Å²) in [6.45, 7) is 12.0. The highest BCUT2D eigenvalue weighted by Crippen LogP contribution is 2.35. The fraction of sp³-hybridized carbons (Fsp3) is 0.667. The average Bonchev–Trinajstić information content (AvgIpc) is 2.96. The van der Waals surface area contributed by atoms with Crippen molar-refractivity contribution in [1.29, 1.82) is 0 Å². The van der Waals surface area contributed by atoms with Gasteiger partial charge in [-0.1, -0.05) is 20.8 Å². The van der Waals surface area contributed by atoms with E-state index in [1.54, 1.807) is 0 Å². The number of rotatable bonds is 2. The molecular formula is C18H29N5O2. The van der Waals surface area contributed by atoms with E-state index in [2.05, 4.69) is 52.7 Å². The Bertz CT molecular complexity index is 692. The maximum Gasteiger partial charge on any atom is 0.290 e. The molecule has 2 N–H and O–H groups in total. The Morgan fingerprint density at radius 2 is 1.96 bits per heavy atom. The van der Waals surface area contributed by atoms with Crippen molar-refractivity contribution in [2.45, 2.75) is 66.8 Å². The van der Waals surface area contributed by atoms with E-state index in [-0.39, 0.29) is 6.47 Å². The van der Waals surface area contributed by atoms with Crippen LogP contribution in [0.5, 0.6) is 0 Å². The molecule has 1 aliphatic rings. The molecule has 2 aromatic rings. The fourth-order valence-corrected chi connectivity index (χ4v) is 3.54. The predicted molar refractivity (Wildman–Crippen MR) is 95.5 cm³/mol. The molecule has 0 amide bonds. The largest absolute Gasteiger partial charge is 0.483 e. The number of H-pyrrole nitrogens is 1. The number of aromatic nitrogens is 5. The van der Waals surface area contributed by atoms with E-state index in [0.29, 0.717) is 5.41 Å². The van der Waals surface area contributed by atoms with Crippen molar-refractivity contribution in [3.8, 4) is 0 Å². The van der Waals surface area contributed by atoms with Gasteiger partial charge in [-0.15, -0.1) is 10.2 Å². The average molecular weight is 347 g/mol. The van der Waals surface area contributed by atoms with E-state index in [1.165, 1.54) is 18.4 Å². The van der Waals surface area contributed by atoms with Crippen molar-refractivity contribution in [2.75, 3.05) is 0 Å². The second kappa shape index (κ2) is 7.80. The third-order valence-electron chi connectivity index (χ3n) is 5.16. The quantitative estimate of drug-likeness (QED) is 0.814. The van der Waals surface area contributed by atoms with Crippen LogP contribution in [0.15, 0.2) is 0 Å². The molecule has 7 nitrogen and oxygen atoms in total. The number of nitrogens with zero attached hydrogens (tertiary/aromatic N) is 4. The van der Waals surface area contributed by atoms with Crippen molar-refractivity contribution in [1.82, 2.24) is 25.0 Å². The first kappa shape index (κ1) is 19.1. The number of fused-ring (bicyclic) bond motifs is 1. The van der Waals surface area contributed by atoms with Crippen molar-refractivity contribution < 1.29 is 9.90 Å². The molecule has 25 heavy (non-hydrogen) atoms. The fourth-order valence-electron chi connectivity index (χ4n) is 3.54. The Labute approximate surface area is 148 Å². The number of nitrogens with one attached hydrogen (secondary N) is 1. The number of hydrogen-bond donors (Lipinski definition) is 2. The molecule has 0 fully saturated rings. The number of aryl methyl sites for hydroxylation is 3. The zero-order valence-electron chi connectivity index (χ0n) is 15.8. The summed E-state index contributed by atoms with van der Waals surface area (Å²) < 4.78 is 2.34. The summed E-state index contributed by atoms with van der Waals surface area (Å²) in [5.74, 6) is 2.98. The van der Waals surface area contributed by atoms with E-state index < -0.39 is 0 Å². The second-order valence-corrected chi connectivity index (χ2v) is 7.77. The van der Waals surface area contributed by atoms with Crippen LogP contribution in [0.3, 0.4) is 0 Å². The minimum Gasteiger partial charge on any atom is -0.483 e. The topological polar surface area (TPSA) is 96.7 Å². The van der Waals surface area contributed by atoms with Crippen LogP contribution in [-0.4, -0.2) is 36.5 Å². The van der Waals surface area contributed by atoms with Gasteiger partial charge in [0.2, 0.25) is 0 Å². The minimum atomic E-state index is -0.250. The van der Waals surface area contributed by atoms with Gasteiger partial charge < -0.3 is 9.67 Å². The van der Waals surface area contributed by atoms with Crippen LogP contribution < -0.4 is 0 Å². The van der Waals surface area contributed by atoms with Crippen molar-refractivity contribution in [3.05, 3.63) is 28.6 Å². The van der Waals surface area contributed by atoms with Gasteiger partial charge in [-0.3, -0.25) is 9.89 Å². The van der Waals surface area contributed by atoms with Crippen molar-refractivity contribution in [2.24, 2.45) is 11.3 Å². The Morgan fingerprint density at radius 1 is 1.28 bits per heavy atom. The number of carboxylic acid groups (broad SMARTS) is 1. The number of carbonyl (C=O) groups is 1. The van der Waals surface area contributed by atoms with Gasteiger partial charge in [0.1, 0.15) is 11.6 Å². The van der Waals surface area contributed by atoms with Gasteiger partial charge in [-0.25, -0.2) is 0 Å². The summed E-state index contributed by atoms with van der Waals surface area (Å²) in [5, 5.41) is 23.1. The molecule has 7 heteroatoms. The maximum atomic E-state index is 8.36. The van der Waals surface area contributed by atoms with E-state index in [4.69, 9.17) is 9.90 Å². The predicted octanol–water partition coefficient (Wildman–Crippen LogP) is 2.91. The van der Waals surface area contributed by atoms with Crippen molar-refractivity contribution >= 4 is 6.47 Å². The molecule has 0 bridgehead atoms. The molecule has 2 aromatic heterocycles. The van der Waals surface area contributed by atoms with Gasteiger partial charge >= 0.3 is 0 Å². The first-order valence-electron chi connectivity index (χ1n) is 8.77. The van der Waals surface area contributed by atoms with Crippen LogP contribution in [0.1, 0.15) is 62.2 Å². The summed E-state index contributed by atoms with van der Waals surface area (Å²) in [5.41, 5.74) is 3.83. The minimum absolute atomic E-state index is 0.250. The first-order valence-corrected chi connectivity index (χ1v) is 8.77. The maximum absolute atomic E-state index is 8.36. The normalized spacial score (nSPS) is 17.2. The molecule has 0 saturated carbocycles. The highest BCUT2D eigenvalue weighted by molar-refractivity contribution is 5.32. The lowest BCUT2D eigenvalue weighted by molar-refractivity contribution is -0.122. The Hall–Kier alpha value is -2.18. The van der Waals surface area contributed by atoms with Gasteiger partial charge in [-0.05, 0) is 38.0 Å². The number of aromatic amines is 1. The lowest BCUT2D eigenvalue weighted by Gasteiger charge is -2.29. The highest BCUT2D eigenvalue weighted by Gasteiger charge is 2.28. The van der Waals surface area contributed by atoms with Gasteiger partial charge in [0.05, 0.1) is 5.69 Å². The zero-order valence-corrected chi connectivity index (χ0v) is 15.8. The molecule has 0 radical (unpaired) electrons. The van der Waals surface area contributed by atoms with Crippen LogP contribution in [0.4, 0.5) is 0 Å². The van der Waals surface area contributed by atoms with Gasteiger partial charge in [0.25, 0.3) is 6.47 Å². The summed E-state index contributed by atoms with van der Waals surface area (Å²) in [7, 11) is 0. The van der Waals surface area contributed by atoms with E-state index in [0.717, 1.165) is 48.3 Å². The Kier molecular flexibility index (Phi) is 5.98. The summed E-state index contributed by atoms with van der Waals surface area (Å²) in [6.07, 6.45) is 4.29. The van der Waals surface area contributed by atoms with Crippen LogP contribution in [-0.2, 0) is 24.2 Å².